The number of nitrogens with two attached hydrogens (primary N) is 1. The summed E-state index contributed by atoms with van der Waals surface area (Å²) in [6, 6.07) is 2.28. The fourth-order valence-corrected chi connectivity index (χ4v) is 2.76. The van der Waals surface area contributed by atoms with Crippen LogP contribution < -0.4 is 10.6 Å². The average Bonchev–Trinajstić information content (AvgIpc) is 2.78. The normalized spacial score (nSPS) is 28.4. The van der Waals surface area contributed by atoms with E-state index in [0.29, 0.717) is 16.8 Å². The van der Waals surface area contributed by atoms with Crippen molar-refractivity contribution in [1.82, 2.24) is 9.88 Å². The van der Waals surface area contributed by atoms with E-state index in [1.165, 1.54) is 0 Å². The standard InChI is InChI=1S/C12H17ClN4O/c1-16-2-3-18-11-7-17(6-10(11)16)12-4-9(14)8(13)5-15-12/h4-5,10-11H,2-3,6-7H2,1H3,(H2,14,15). The maximum Gasteiger partial charge on any atom is 0.130 e. The van der Waals surface area contributed by atoms with Crippen LogP contribution >= 0.6 is 11.6 Å². The molecule has 2 fully saturated rings. The van der Waals surface area contributed by atoms with Crippen molar-refractivity contribution in [2.45, 2.75) is 12.1 Å². The molecular formula is C12H17ClN4O. The van der Waals surface area contributed by atoms with Crippen LogP contribution in [0.25, 0.3) is 0 Å². The van der Waals surface area contributed by atoms with Crippen molar-refractivity contribution < 1.29 is 4.74 Å². The molecule has 0 radical (unpaired) electrons. The van der Waals surface area contributed by atoms with Crippen LogP contribution in [0.15, 0.2) is 12.3 Å². The van der Waals surface area contributed by atoms with Gasteiger partial charge in [0.1, 0.15) is 5.82 Å². The number of ether oxygens (including phenoxy) is 1. The molecule has 0 spiro atoms. The third kappa shape index (κ3) is 2.02. The fraction of sp³-hybridized carbons (Fsp3) is 0.583. The van der Waals surface area contributed by atoms with Crippen LogP contribution in [0.4, 0.5) is 11.5 Å². The van der Waals surface area contributed by atoms with Gasteiger partial charge in [-0.25, -0.2) is 4.98 Å². The Morgan fingerprint density at radius 1 is 1.50 bits per heavy atom. The number of aromatic nitrogens is 1. The van der Waals surface area contributed by atoms with Gasteiger partial charge in [-0.2, -0.15) is 0 Å². The molecule has 98 valence electrons. The number of hydrogen-bond acceptors (Lipinski definition) is 5. The number of morpholine rings is 1. The maximum atomic E-state index is 5.89. The molecule has 1 aromatic rings. The zero-order valence-electron chi connectivity index (χ0n) is 10.3. The second-order valence-corrected chi connectivity index (χ2v) is 5.33. The Bertz CT molecular complexity index is 456. The van der Waals surface area contributed by atoms with E-state index < -0.39 is 0 Å². The lowest BCUT2D eigenvalue weighted by atomic mass is 10.1. The molecule has 0 aliphatic carbocycles. The zero-order chi connectivity index (χ0) is 12.7. The lowest BCUT2D eigenvalue weighted by molar-refractivity contribution is -0.0362. The predicted molar refractivity (Wildman–Crippen MR) is 72.0 cm³/mol. The van der Waals surface area contributed by atoms with Crippen LogP contribution in [-0.4, -0.2) is 55.3 Å². The number of anilines is 2. The predicted octanol–water partition coefficient (Wildman–Crippen LogP) is 0.836. The fourth-order valence-electron chi connectivity index (χ4n) is 2.66. The second-order valence-electron chi connectivity index (χ2n) is 4.93. The monoisotopic (exact) mass is 268 g/mol. The second kappa shape index (κ2) is 4.57. The topological polar surface area (TPSA) is 54.6 Å². The highest BCUT2D eigenvalue weighted by atomic mass is 35.5. The Kier molecular flexibility index (Phi) is 3.05. The van der Waals surface area contributed by atoms with E-state index in [1.807, 2.05) is 6.07 Å². The smallest absolute Gasteiger partial charge is 0.130 e. The van der Waals surface area contributed by atoms with Crippen LogP contribution in [0.5, 0.6) is 0 Å². The van der Waals surface area contributed by atoms with Crippen molar-refractivity contribution in [3.8, 4) is 0 Å². The first kappa shape index (κ1) is 12.0. The van der Waals surface area contributed by atoms with Gasteiger partial charge in [-0.15, -0.1) is 0 Å². The van der Waals surface area contributed by atoms with Crippen LogP contribution in [0.1, 0.15) is 0 Å². The molecule has 3 rings (SSSR count). The van der Waals surface area contributed by atoms with Gasteiger partial charge in [0.25, 0.3) is 0 Å². The first-order valence-electron chi connectivity index (χ1n) is 6.13. The molecule has 2 atom stereocenters. The van der Waals surface area contributed by atoms with Gasteiger partial charge in [0.2, 0.25) is 0 Å². The molecule has 6 heteroatoms. The molecule has 5 nitrogen and oxygen atoms in total. The number of pyridine rings is 1. The van der Waals surface area contributed by atoms with E-state index in [1.54, 1.807) is 6.20 Å². The highest BCUT2D eigenvalue weighted by Gasteiger charge is 2.39. The summed E-state index contributed by atoms with van der Waals surface area (Å²) in [6.07, 6.45) is 1.88. The quantitative estimate of drug-likeness (QED) is 0.818. The minimum atomic E-state index is 0.266. The first-order chi connectivity index (χ1) is 8.65. The molecule has 18 heavy (non-hydrogen) atoms. The van der Waals surface area contributed by atoms with Crippen LogP contribution in [0.2, 0.25) is 5.02 Å². The summed E-state index contributed by atoms with van der Waals surface area (Å²) in [5.41, 5.74) is 6.40. The number of nitrogen functional groups attached to an aromatic ring is 1. The molecule has 3 heterocycles. The van der Waals surface area contributed by atoms with Crippen molar-refractivity contribution in [2.24, 2.45) is 0 Å². The minimum absolute atomic E-state index is 0.266. The molecule has 2 aliphatic rings. The van der Waals surface area contributed by atoms with Crippen LogP contribution in [-0.2, 0) is 4.74 Å². The summed E-state index contributed by atoms with van der Waals surface area (Å²) >= 11 is 5.89. The Balaban J connectivity index is 1.80. The highest BCUT2D eigenvalue weighted by molar-refractivity contribution is 6.32. The van der Waals surface area contributed by atoms with Crippen LogP contribution in [0.3, 0.4) is 0 Å². The van der Waals surface area contributed by atoms with Gasteiger partial charge >= 0.3 is 0 Å². The zero-order valence-corrected chi connectivity index (χ0v) is 11.1. The minimum Gasteiger partial charge on any atom is -0.397 e. The van der Waals surface area contributed by atoms with Gasteiger partial charge in [-0.1, -0.05) is 11.6 Å². The summed E-state index contributed by atoms with van der Waals surface area (Å²) in [7, 11) is 2.15. The van der Waals surface area contributed by atoms with E-state index in [0.717, 1.165) is 32.1 Å². The largest absolute Gasteiger partial charge is 0.397 e. The summed E-state index contributed by atoms with van der Waals surface area (Å²) in [6.45, 7) is 3.59. The van der Waals surface area contributed by atoms with Crippen LogP contribution in [0, 0.1) is 0 Å². The number of nitrogens with zero attached hydrogens (tertiary/aromatic N) is 3. The Morgan fingerprint density at radius 2 is 2.33 bits per heavy atom. The van der Waals surface area contributed by atoms with E-state index in [9.17, 15) is 0 Å². The van der Waals surface area contributed by atoms with Crippen molar-refractivity contribution >= 4 is 23.1 Å². The number of hydrogen-bond donors (Lipinski definition) is 1. The van der Waals surface area contributed by atoms with Gasteiger partial charge in [0, 0.05) is 31.9 Å². The number of halogens is 1. The highest BCUT2D eigenvalue weighted by Crippen LogP contribution is 2.28. The molecule has 2 unspecified atom stereocenters. The molecule has 0 amide bonds. The third-order valence-electron chi connectivity index (χ3n) is 3.77. The van der Waals surface area contributed by atoms with Crippen molar-refractivity contribution in [2.75, 3.05) is 43.9 Å². The molecule has 1 aromatic heterocycles. The Morgan fingerprint density at radius 3 is 3.06 bits per heavy atom. The average molecular weight is 269 g/mol. The Hall–Kier alpha value is -1.04. The van der Waals surface area contributed by atoms with Gasteiger partial charge in [-0.05, 0) is 7.05 Å². The van der Waals surface area contributed by atoms with Gasteiger partial charge < -0.3 is 15.4 Å². The lowest BCUT2D eigenvalue weighted by Gasteiger charge is -2.33. The molecular weight excluding hydrogens is 252 g/mol. The van der Waals surface area contributed by atoms with Crippen molar-refractivity contribution in [3.05, 3.63) is 17.3 Å². The van der Waals surface area contributed by atoms with Gasteiger partial charge in [0.05, 0.1) is 29.5 Å². The summed E-state index contributed by atoms with van der Waals surface area (Å²) in [5, 5.41) is 0.503. The number of fused-ring (bicyclic) bond motifs is 1. The number of likely N-dealkylation sites (N-methyl/N-ethyl adjacent to an activating group) is 1. The van der Waals surface area contributed by atoms with E-state index >= 15 is 0 Å². The van der Waals surface area contributed by atoms with Crippen molar-refractivity contribution in [3.63, 3.8) is 0 Å². The van der Waals surface area contributed by atoms with Crippen molar-refractivity contribution in [1.29, 1.82) is 0 Å². The van der Waals surface area contributed by atoms with Gasteiger partial charge in [-0.3, -0.25) is 4.90 Å². The summed E-state index contributed by atoms with van der Waals surface area (Å²) < 4.78 is 5.81. The molecule has 0 bridgehead atoms. The third-order valence-corrected chi connectivity index (χ3v) is 4.09. The van der Waals surface area contributed by atoms with Gasteiger partial charge in [0.15, 0.2) is 0 Å². The first-order valence-corrected chi connectivity index (χ1v) is 6.51. The Labute approximate surface area is 111 Å². The summed E-state index contributed by atoms with van der Waals surface area (Å²) in [4.78, 5) is 8.91. The molecule has 2 saturated heterocycles. The molecule has 0 aromatic carbocycles. The molecule has 2 aliphatic heterocycles. The van der Waals surface area contributed by atoms with E-state index in [-0.39, 0.29) is 6.10 Å². The SMILES string of the molecule is CN1CCOC2CN(c3cc(N)c(Cl)cn3)CC21. The molecule has 2 N–H and O–H groups in total. The summed E-state index contributed by atoms with van der Waals surface area (Å²) in [5.74, 6) is 0.878. The van der Waals surface area contributed by atoms with E-state index in [2.05, 4.69) is 21.8 Å². The number of rotatable bonds is 1. The molecule has 0 saturated carbocycles. The maximum absolute atomic E-state index is 5.89. The van der Waals surface area contributed by atoms with E-state index in [4.69, 9.17) is 22.1 Å². The lowest BCUT2D eigenvalue weighted by Crippen LogP contribution is -2.48.